The molecule has 1 aliphatic heterocycles. The summed E-state index contributed by atoms with van der Waals surface area (Å²) in [4.78, 5) is 0. The van der Waals surface area contributed by atoms with E-state index in [0.717, 1.165) is 26.1 Å². The molecule has 1 saturated heterocycles. The Morgan fingerprint density at radius 1 is 1.31 bits per heavy atom. The van der Waals surface area contributed by atoms with Gasteiger partial charge in [0.2, 0.25) is 0 Å². The van der Waals surface area contributed by atoms with Crippen molar-refractivity contribution in [2.45, 2.75) is 57.3 Å². The molecule has 5 heteroatoms. The summed E-state index contributed by atoms with van der Waals surface area (Å²) in [6, 6.07) is 0.570. The molecular weight excluding hydrogens is 219 g/mol. The second-order valence-electron chi connectivity index (χ2n) is 4.46. The van der Waals surface area contributed by atoms with E-state index in [1.54, 1.807) is 0 Å². The van der Waals surface area contributed by atoms with Crippen LogP contribution in [0.4, 0.5) is 13.2 Å². The van der Waals surface area contributed by atoms with Gasteiger partial charge in [-0.15, -0.1) is 0 Å². The number of ether oxygens (including phenoxy) is 1. The maximum absolute atomic E-state index is 11.9. The van der Waals surface area contributed by atoms with Gasteiger partial charge in [0, 0.05) is 31.7 Å². The third kappa shape index (κ3) is 6.33. The van der Waals surface area contributed by atoms with Crippen LogP contribution in [-0.2, 0) is 4.74 Å². The lowest BCUT2D eigenvalue weighted by Crippen LogP contribution is -2.40. The second kappa shape index (κ2) is 6.45. The van der Waals surface area contributed by atoms with Gasteiger partial charge in [-0.3, -0.25) is 0 Å². The first-order chi connectivity index (χ1) is 7.47. The molecule has 2 nitrogen and oxygen atoms in total. The number of alkyl halides is 3. The molecule has 0 bridgehead atoms. The Morgan fingerprint density at radius 2 is 1.94 bits per heavy atom. The average molecular weight is 239 g/mol. The van der Waals surface area contributed by atoms with Crippen molar-refractivity contribution >= 4 is 0 Å². The van der Waals surface area contributed by atoms with Crippen molar-refractivity contribution in [2.75, 3.05) is 13.2 Å². The summed E-state index contributed by atoms with van der Waals surface area (Å²) in [5.74, 6) is 0. The molecule has 0 aromatic carbocycles. The summed E-state index contributed by atoms with van der Waals surface area (Å²) in [7, 11) is 0. The molecule has 0 aromatic heterocycles. The maximum Gasteiger partial charge on any atom is 0.389 e. The standard InChI is InChI=1S/C11H20F3NO/c1-9(3-2-6-11(12,13)14)15-10-4-7-16-8-5-10/h9-10,15H,2-8H2,1H3. The molecule has 1 aliphatic rings. The van der Waals surface area contributed by atoms with Gasteiger partial charge in [0.15, 0.2) is 0 Å². The SMILES string of the molecule is CC(CCCC(F)(F)F)NC1CCOCC1. The van der Waals surface area contributed by atoms with Crippen LogP contribution >= 0.6 is 0 Å². The van der Waals surface area contributed by atoms with Crippen LogP contribution in [0.2, 0.25) is 0 Å². The molecule has 1 N–H and O–H groups in total. The first-order valence-corrected chi connectivity index (χ1v) is 5.88. The highest BCUT2D eigenvalue weighted by atomic mass is 19.4. The number of halogens is 3. The zero-order valence-electron chi connectivity index (χ0n) is 9.65. The van der Waals surface area contributed by atoms with E-state index in [1.165, 1.54) is 0 Å². The Morgan fingerprint density at radius 3 is 2.50 bits per heavy atom. The lowest BCUT2D eigenvalue weighted by molar-refractivity contribution is -0.135. The van der Waals surface area contributed by atoms with Crippen LogP contribution < -0.4 is 5.32 Å². The minimum Gasteiger partial charge on any atom is -0.381 e. The van der Waals surface area contributed by atoms with Gasteiger partial charge in [-0.25, -0.2) is 0 Å². The lowest BCUT2D eigenvalue weighted by Gasteiger charge is -2.26. The highest BCUT2D eigenvalue weighted by Gasteiger charge is 2.26. The van der Waals surface area contributed by atoms with Gasteiger partial charge in [-0.2, -0.15) is 13.2 Å². The Hall–Kier alpha value is -0.290. The van der Waals surface area contributed by atoms with E-state index < -0.39 is 12.6 Å². The quantitative estimate of drug-likeness (QED) is 0.796. The van der Waals surface area contributed by atoms with E-state index in [9.17, 15) is 13.2 Å². The van der Waals surface area contributed by atoms with Crippen LogP contribution in [-0.4, -0.2) is 31.5 Å². The molecule has 1 unspecified atom stereocenters. The van der Waals surface area contributed by atoms with Crippen molar-refractivity contribution < 1.29 is 17.9 Å². The summed E-state index contributed by atoms with van der Waals surface area (Å²) in [6.45, 7) is 3.46. The molecule has 0 amide bonds. The maximum atomic E-state index is 11.9. The fourth-order valence-electron chi connectivity index (χ4n) is 1.96. The minimum absolute atomic E-state index is 0.158. The third-order valence-corrected chi connectivity index (χ3v) is 2.84. The van der Waals surface area contributed by atoms with Crippen molar-refractivity contribution in [3.8, 4) is 0 Å². The molecular formula is C11H20F3NO. The number of rotatable bonds is 5. The van der Waals surface area contributed by atoms with E-state index in [1.807, 2.05) is 6.92 Å². The van der Waals surface area contributed by atoms with Crippen molar-refractivity contribution in [1.82, 2.24) is 5.32 Å². The second-order valence-corrected chi connectivity index (χ2v) is 4.46. The molecule has 0 saturated carbocycles. The fraction of sp³-hybridized carbons (Fsp3) is 1.00. The van der Waals surface area contributed by atoms with Gasteiger partial charge in [0.25, 0.3) is 0 Å². The molecule has 1 fully saturated rings. The van der Waals surface area contributed by atoms with Crippen LogP contribution in [0.25, 0.3) is 0 Å². The van der Waals surface area contributed by atoms with Gasteiger partial charge in [0.05, 0.1) is 0 Å². The average Bonchev–Trinajstić information content (AvgIpc) is 2.17. The smallest absolute Gasteiger partial charge is 0.381 e. The molecule has 1 atom stereocenters. The monoisotopic (exact) mass is 239 g/mol. The minimum atomic E-state index is -4.02. The lowest BCUT2D eigenvalue weighted by atomic mass is 10.1. The molecule has 1 heterocycles. The number of hydrogen-bond acceptors (Lipinski definition) is 2. The zero-order valence-corrected chi connectivity index (χ0v) is 9.65. The molecule has 1 rings (SSSR count). The van der Waals surface area contributed by atoms with Gasteiger partial charge in [0.1, 0.15) is 0 Å². The van der Waals surface area contributed by atoms with Gasteiger partial charge in [-0.05, 0) is 32.6 Å². The predicted molar refractivity (Wildman–Crippen MR) is 56.3 cm³/mol. The van der Waals surface area contributed by atoms with Crippen LogP contribution in [0.5, 0.6) is 0 Å². The molecule has 0 radical (unpaired) electrons. The van der Waals surface area contributed by atoms with Crippen molar-refractivity contribution in [3.63, 3.8) is 0 Å². The predicted octanol–water partition coefficient (Wildman–Crippen LogP) is 2.88. The topological polar surface area (TPSA) is 21.3 Å². The molecule has 0 aromatic rings. The molecule has 0 spiro atoms. The summed E-state index contributed by atoms with van der Waals surface area (Å²) in [5, 5.41) is 3.36. The Kier molecular flexibility index (Phi) is 5.55. The van der Waals surface area contributed by atoms with E-state index >= 15 is 0 Å². The Labute approximate surface area is 94.5 Å². The van der Waals surface area contributed by atoms with E-state index in [2.05, 4.69) is 5.32 Å². The normalized spacial score (nSPS) is 21.0. The third-order valence-electron chi connectivity index (χ3n) is 2.84. The first kappa shape index (κ1) is 13.8. The first-order valence-electron chi connectivity index (χ1n) is 5.88. The number of nitrogens with one attached hydrogen (secondary N) is 1. The summed E-state index contributed by atoms with van der Waals surface area (Å²) < 4.78 is 41.0. The highest BCUT2D eigenvalue weighted by molar-refractivity contribution is 4.74. The van der Waals surface area contributed by atoms with E-state index in [4.69, 9.17) is 4.74 Å². The van der Waals surface area contributed by atoms with Gasteiger partial charge < -0.3 is 10.1 Å². The molecule has 0 aliphatic carbocycles. The van der Waals surface area contributed by atoms with Crippen LogP contribution in [0.15, 0.2) is 0 Å². The van der Waals surface area contributed by atoms with Crippen LogP contribution in [0, 0.1) is 0 Å². The molecule has 16 heavy (non-hydrogen) atoms. The Bertz CT molecular complexity index is 190. The highest BCUT2D eigenvalue weighted by Crippen LogP contribution is 2.22. The number of hydrogen-bond donors (Lipinski definition) is 1. The van der Waals surface area contributed by atoms with Crippen LogP contribution in [0.1, 0.15) is 39.0 Å². The van der Waals surface area contributed by atoms with Crippen molar-refractivity contribution in [1.29, 1.82) is 0 Å². The van der Waals surface area contributed by atoms with Gasteiger partial charge >= 0.3 is 6.18 Å². The zero-order chi connectivity index (χ0) is 12.0. The van der Waals surface area contributed by atoms with Crippen molar-refractivity contribution in [3.05, 3.63) is 0 Å². The fourth-order valence-corrected chi connectivity index (χ4v) is 1.96. The molecule has 96 valence electrons. The summed E-state index contributed by atoms with van der Waals surface area (Å²) >= 11 is 0. The summed E-state index contributed by atoms with van der Waals surface area (Å²) in [6.07, 6.45) is -1.98. The van der Waals surface area contributed by atoms with E-state index in [-0.39, 0.29) is 12.5 Å². The largest absolute Gasteiger partial charge is 0.389 e. The van der Waals surface area contributed by atoms with E-state index in [0.29, 0.717) is 12.5 Å². The summed E-state index contributed by atoms with van der Waals surface area (Å²) in [5.41, 5.74) is 0. The van der Waals surface area contributed by atoms with Crippen molar-refractivity contribution in [2.24, 2.45) is 0 Å². The van der Waals surface area contributed by atoms with Gasteiger partial charge in [-0.1, -0.05) is 0 Å². The Balaban J connectivity index is 2.08. The van der Waals surface area contributed by atoms with Crippen LogP contribution in [0.3, 0.4) is 0 Å².